The Labute approximate surface area is 140 Å². The van der Waals surface area contributed by atoms with E-state index < -0.39 is 0 Å². The zero-order valence-corrected chi connectivity index (χ0v) is 13.1. The summed E-state index contributed by atoms with van der Waals surface area (Å²) in [6.07, 6.45) is 3.43. The van der Waals surface area contributed by atoms with Gasteiger partial charge in [-0.15, -0.1) is 0 Å². The lowest BCUT2D eigenvalue weighted by atomic mass is 9.99. The summed E-state index contributed by atoms with van der Waals surface area (Å²) in [5.74, 6) is -0.207. The highest BCUT2D eigenvalue weighted by Gasteiger charge is 2.18. The third-order valence-corrected chi connectivity index (χ3v) is 3.90. The van der Waals surface area contributed by atoms with Crippen LogP contribution < -0.4 is 5.32 Å². The van der Waals surface area contributed by atoms with Gasteiger partial charge < -0.3 is 5.32 Å². The maximum Gasteiger partial charge on any atom is 0.253 e. The minimum Gasteiger partial charge on any atom is -0.341 e. The molecule has 23 heavy (non-hydrogen) atoms. The van der Waals surface area contributed by atoms with E-state index in [-0.39, 0.29) is 11.9 Å². The van der Waals surface area contributed by atoms with Crippen molar-refractivity contribution in [3.05, 3.63) is 101 Å². The Hall–Kier alpha value is -2.65. The van der Waals surface area contributed by atoms with Crippen molar-refractivity contribution >= 4 is 17.5 Å². The summed E-state index contributed by atoms with van der Waals surface area (Å²) in [7, 11) is 0. The number of hydrogen-bond donors (Lipinski definition) is 1. The van der Waals surface area contributed by atoms with Crippen molar-refractivity contribution in [3.63, 3.8) is 0 Å². The number of amides is 1. The molecule has 0 radical (unpaired) electrons. The summed E-state index contributed by atoms with van der Waals surface area (Å²) in [6, 6.07) is 20.4. The van der Waals surface area contributed by atoms with Gasteiger partial charge in [-0.25, -0.2) is 0 Å². The van der Waals surface area contributed by atoms with Gasteiger partial charge in [-0.05, 0) is 35.4 Å². The molecule has 0 fully saturated rings. The van der Waals surface area contributed by atoms with Gasteiger partial charge in [0.15, 0.2) is 0 Å². The fourth-order valence-corrected chi connectivity index (χ4v) is 2.64. The molecule has 1 amide bonds. The number of hydrogen-bond acceptors (Lipinski definition) is 2. The second-order valence-corrected chi connectivity index (χ2v) is 5.48. The van der Waals surface area contributed by atoms with Gasteiger partial charge in [-0.1, -0.05) is 54.1 Å². The number of aromatic nitrogens is 1. The molecule has 1 atom stereocenters. The topological polar surface area (TPSA) is 42.0 Å². The van der Waals surface area contributed by atoms with E-state index >= 15 is 0 Å². The lowest BCUT2D eigenvalue weighted by Crippen LogP contribution is -2.29. The molecule has 0 bridgehead atoms. The van der Waals surface area contributed by atoms with Crippen LogP contribution in [0, 0.1) is 0 Å². The lowest BCUT2D eigenvalue weighted by Gasteiger charge is -2.20. The molecule has 1 heterocycles. The molecule has 0 saturated heterocycles. The third kappa shape index (κ3) is 3.58. The van der Waals surface area contributed by atoms with E-state index in [0.717, 1.165) is 11.1 Å². The number of benzene rings is 2. The minimum absolute atomic E-state index is 0.207. The molecule has 0 spiro atoms. The normalized spacial score (nSPS) is 11.7. The summed E-state index contributed by atoms with van der Waals surface area (Å²) < 4.78 is 0. The van der Waals surface area contributed by atoms with Crippen molar-refractivity contribution in [3.8, 4) is 0 Å². The van der Waals surface area contributed by atoms with E-state index in [1.165, 1.54) is 0 Å². The van der Waals surface area contributed by atoms with Crippen molar-refractivity contribution in [2.45, 2.75) is 6.04 Å². The van der Waals surface area contributed by atoms with Crippen LogP contribution in [0.2, 0.25) is 5.02 Å². The van der Waals surface area contributed by atoms with Crippen LogP contribution in [0.5, 0.6) is 0 Å². The standard InChI is InChI=1S/C19H15ClN2O/c20-17-9-5-4-8-16(17)19(23)22-18(14-6-2-1-3-7-14)15-10-12-21-13-11-15/h1-13,18H,(H,22,23). The second-order valence-electron chi connectivity index (χ2n) is 5.08. The van der Waals surface area contributed by atoms with Crippen LogP contribution in [0.25, 0.3) is 0 Å². The fraction of sp³-hybridized carbons (Fsp3) is 0.0526. The smallest absolute Gasteiger partial charge is 0.253 e. The largest absolute Gasteiger partial charge is 0.341 e. The maximum atomic E-state index is 12.6. The molecule has 0 saturated carbocycles. The Morgan fingerprint density at radius 1 is 0.870 bits per heavy atom. The molecule has 1 aromatic heterocycles. The van der Waals surface area contributed by atoms with E-state index in [1.54, 1.807) is 36.7 Å². The average molecular weight is 323 g/mol. The molecule has 1 unspecified atom stereocenters. The van der Waals surface area contributed by atoms with Gasteiger partial charge in [0.2, 0.25) is 0 Å². The van der Waals surface area contributed by atoms with Crippen LogP contribution in [0.15, 0.2) is 79.1 Å². The number of pyridine rings is 1. The quantitative estimate of drug-likeness (QED) is 0.780. The summed E-state index contributed by atoms with van der Waals surface area (Å²) >= 11 is 6.12. The first kappa shape index (κ1) is 15.3. The highest BCUT2D eigenvalue weighted by Crippen LogP contribution is 2.23. The van der Waals surface area contributed by atoms with Crippen molar-refractivity contribution in [2.24, 2.45) is 0 Å². The van der Waals surface area contributed by atoms with Gasteiger partial charge in [0.25, 0.3) is 5.91 Å². The molecule has 4 heteroatoms. The molecule has 114 valence electrons. The number of carbonyl (C=O) groups is 1. The van der Waals surface area contributed by atoms with E-state index in [2.05, 4.69) is 10.3 Å². The predicted octanol–water partition coefficient (Wildman–Crippen LogP) is 4.25. The van der Waals surface area contributed by atoms with Crippen molar-refractivity contribution in [1.82, 2.24) is 10.3 Å². The molecule has 3 nitrogen and oxygen atoms in total. The van der Waals surface area contributed by atoms with Gasteiger partial charge in [0.1, 0.15) is 0 Å². The van der Waals surface area contributed by atoms with Crippen LogP contribution in [-0.4, -0.2) is 10.9 Å². The maximum absolute atomic E-state index is 12.6. The second kappa shape index (κ2) is 7.07. The summed E-state index contributed by atoms with van der Waals surface area (Å²) in [5.41, 5.74) is 2.43. The first-order chi connectivity index (χ1) is 11.3. The molecule has 0 aliphatic carbocycles. The Bertz CT molecular complexity index is 751. The molecular formula is C19H15ClN2O. The predicted molar refractivity (Wildman–Crippen MR) is 91.4 cm³/mol. The van der Waals surface area contributed by atoms with Crippen LogP contribution >= 0.6 is 11.6 Å². The minimum atomic E-state index is -0.261. The number of halogens is 1. The lowest BCUT2D eigenvalue weighted by molar-refractivity contribution is 0.0943. The van der Waals surface area contributed by atoms with Crippen LogP contribution in [-0.2, 0) is 0 Å². The van der Waals surface area contributed by atoms with Crippen molar-refractivity contribution < 1.29 is 4.79 Å². The SMILES string of the molecule is O=C(NC(c1ccccc1)c1ccncc1)c1ccccc1Cl. The molecule has 3 aromatic rings. The number of carbonyl (C=O) groups excluding carboxylic acids is 1. The average Bonchev–Trinajstić information content (AvgIpc) is 2.61. The summed E-state index contributed by atoms with van der Waals surface area (Å²) in [5, 5.41) is 3.49. The molecule has 1 N–H and O–H groups in total. The van der Waals surface area contributed by atoms with Gasteiger partial charge >= 0.3 is 0 Å². The van der Waals surface area contributed by atoms with Gasteiger partial charge in [-0.3, -0.25) is 9.78 Å². The third-order valence-electron chi connectivity index (χ3n) is 3.57. The van der Waals surface area contributed by atoms with Crippen LogP contribution in [0.3, 0.4) is 0 Å². The number of nitrogens with zero attached hydrogens (tertiary/aromatic N) is 1. The van der Waals surface area contributed by atoms with Crippen LogP contribution in [0.1, 0.15) is 27.5 Å². The monoisotopic (exact) mass is 322 g/mol. The van der Waals surface area contributed by atoms with Gasteiger partial charge in [-0.2, -0.15) is 0 Å². The Balaban J connectivity index is 1.94. The van der Waals surface area contributed by atoms with Crippen molar-refractivity contribution in [2.75, 3.05) is 0 Å². The highest BCUT2D eigenvalue weighted by atomic mass is 35.5. The zero-order chi connectivity index (χ0) is 16.1. The van der Waals surface area contributed by atoms with Gasteiger partial charge in [0.05, 0.1) is 16.6 Å². The van der Waals surface area contributed by atoms with E-state index in [9.17, 15) is 4.79 Å². The van der Waals surface area contributed by atoms with E-state index in [0.29, 0.717) is 10.6 Å². The Morgan fingerprint density at radius 2 is 1.48 bits per heavy atom. The zero-order valence-electron chi connectivity index (χ0n) is 12.3. The van der Waals surface area contributed by atoms with E-state index in [1.807, 2.05) is 42.5 Å². The first-order valence-electron chi connectivity index (χ1n) is 7.26. The molecule has 0 aliphatic heterocycles. The first-order valence-corrected chi connectivity index (χ1v) is 7.64. The molecule has 2 aromatic carbocycles. The summed E-state index contributed by atoms with van der Waals surface area (Å²) in [4.78, 5) is 16.7. The number of rotatable bonds is 4. The number of nitrogens with one attached hydrogen (secondary N) is 1. The van der Waals surface area contributed by atoms with Crippen LogP contribution in [0.4, 0.5) is 0 Å². The van der Waals surface area contributed by atoms with Gasteiger partial charge in [0, 0.05) is 12.4 Å². The fourth-order valence-electron chi connectivity index (χ4n) is 2.41. The Morgan fingerprint density at radius 3 is 2.17 bits per heavy atom. The molecule has 3 rings (SSSR count). The highest BCUT2D eigenvalue weighted by molar-refractivity contribution is 6.33. The van der Waals surface area contributed by atoms with Crippen molar-refractivity contribution in [1.29, 1.82) is 0 Å². The molecule has 0 aliphatic rings. The Kier molecular flexibility index (Phi) is 4.69. The molecular weight excluding hydrogens is 308 g/mol. The van der Waals surface area contributed by atoms with E-state index in [4.69, 9.17) is 11.6 Å². The summed E-state index contributed by atoms with van der Waals surface area (Å²) in [6.45, 7) is 0.